The third-order valence-electron chi connectivity index (χ3n) is 5.84. The van der Waals surface area contributed by atoms with E-state index in [0.717, 1.165) is 5.69 Å². The molecule has 3 aromatic rings. The van der Waals surface area contributed by atoms with Gasteiger partial charge in [-0.15, -0.1) is 10.2 Å². The molecule has 0 spiro atoms. The number of rotatable bonds is 11. The van der Waals surface area contributed by atoms with Crippen molar-refractivity contribution in [3.05, 3.63) is 65.5 Å². The number of anilines is 1. The SMILES string of the molecule is CCn1c(SCC(=O)Nc2ccc(C(C)C)cc2)nnc1[C@H](NC(=O)c1ccc(OC)cc1)C(C)C. The van der Waals surface area contributed by atoms with Gasteiger partial charge in [0.1, 0.15) is 5.75 Å². The summed E-state index contributed by atoms with van der Waals surface area (Å²) in [5.74, 6) is 1.77. The van der Waals surface area contributed by atoms with Gasteiger partial charge in [0.05, 0.1) is 18.9 Å². The molecule has 0 aliphatic rings. The number of nitrogens with one attached hydrogen (secondary N) is 2. The van der Waals surface area contributed by atoms with Crippen molar-refractivity contribution in [2.75, 3.05) is 18.2 Å². The number of hydrogen-bond acceptors (Lipinski definition) is 6. The minimum atomic E-state index is -0.338. The Balaban J connectivity index is 1.67. The maximum atomic E-state index is 12.9. The van der Waals surface area contributed by atoms with Crippen LogP contribution < -0.4 is 15.4 Å². The van der Waals surface area contributed by atoms with Crippen molar-refractivity contribution in [3.8, 4) is 5.75 Å². The van der Waals surface area contributed by atoms with Gasteiger partial charge in [0, 0.05) is 17.8 Å². The number of carbonyl (C=O) groups is 2. The van der Waals surface area contributed by atoms with E-state index < -0.39 is 0 Å². The lowest BCUT2D eigenvalue weighted by molar-refractivity contribution is -0.113. The Morgan fingerprint density at radius 3 is 2.22 bits per heavy atom. The van der Waals surface area contributed by atoms with Crippen LogP contribution in [0.25, 0.3) is 0 Å². The van der Waals surface area contributed by atoms with Crippen LogP contribution in [0.15, 0.2) is 53.7 Å². The van der Waals surface area contributed by atoms with Crippen LogP contribution in [-0.4, -0.2) is 39.4 Å². The predicted molar refractivity (Wildman–Crippen MR) is 144 cm³/mol. The zero-order valence-electron chi connectivity index (χ0n) is 21.7. The van der Waals surface area contributed by atoms with E-state index in [4.69, 9.17) is 4.74 Å². The van der Waals surface area contributed by atoms with Crippen molar-refractivity contribution >= 4 is 29.3 Å². The Morgan fingerprint density at radius 2 is 1.67 bits per heavy atom. The van der Waals surface area contributed by atoms with Gasteiger partial charge in [0.25, 0.3) is 5.91 Å². The fourth-order valence-electron chi connectivity index (χ4n) is 3.71. The summed E-state index contributed by atoms with van der Waals surface area (Å²) in [5.41, 5.74) is 2.53. The first kappa shape index (κ1) is 27.3. The first-order chi connectivity index (χ1) is 17.2. The fourth-order valence-corrected chi connectivity index (χ4v) is 4.52. The molecule has 2 amide bonds. The molecule has 9 heteroatoms. The lowest BCUT2D eigenvalue weighted by Crippen LogP contribution is -2.33. The molecular formula is C27H35N5O3S. The number of methoxy groups -OCH3 is 1. The topological polar surface area (TPSA) is 98.1 Å². The lowest BCUT2D eigenvalue weighted by Gasteiger charge is -2.22. The largest absolute Gasteiger partial charge is 0.497 e. The molecule has 1 heterocycles. The summed E-state index contributed by atoms with van der Waals surface area (Å²) in [6.07, 6.45) is 0. The average Bonchev–Trinajstić information content (AvgIpc) is 3.28. The van der Waals surface area contributed by atoms with E-state index in [0.29, 0.717) is 34.8 Å². The Morgan fingerprint density at radius 1 is 1.00 bits per heavy atom. The van der Waals surface area contributed by atoms with Crippen molar-refractivity contribution in [2.24, 2.45) is 5.92 Å². The maximum absolute atomic E-state index is 12.9. The fraction of sp³-hybridized carbons (Fsp3) is 0.407. The van der Waals surface area contributed by atoms with Crippen LogP contribution in [-0.2, 0) is 11.3 Å². The Hall–Kier alpha value is -3.33. The lowest BCUT2D eigenvalue weighted by atomic mass is 10.0. The van der Waals surface area contributed by atoms with E-state index in [1.165, 1.54) is 17.3 Å². The number of benzene rings is 2. The number of thioether (sulfide) groups is 1. The van der Waals surface area contributed by atoms with Crippen LogP contribution in [0.1, 0.15) is 68.3 Å². The molecule has 0 bridgehead atoms. The van der Waals surface area contributed by atoms with Crippen molar-refractivity contribution in [1.82, 2.24) is 20.1 Å². The third-order valence-corrected chi connectivity index (χ3v) is 6.81. The molecule has 0 aliphatic carbocycles. The molecule has 0 aliphatic heterocycles. The summed E-state index contributed by atoms with van der Waals surface area (Å²) in [5, 5.41) is 15.4. The van der Waals surface area contributed by atoms with Crippen LogP contribution in [0, 0.1) is 5.92 Å². The summed E-state index contributed by atoms with van der Waals surface area (Å²) in [4.78, 5) is 25.5. The van der Waals surface area contributed by atoms with E-state index in [1.54, 1.807) is 31.4 Å². The molecule has 0 saturated heterocycles. The average molecular weight is 510 g/mol. The van der Waals surface area contributed by atoms with E-state index >= 15 is 0 Å². The highest BCUT2D eigenvalue weighted by molar-refractivity contribution is 7.99. The smallest absolute Gasteiger partial charge is 0.251 e. The first-order valence-corrected chi connectivity index (χ1v) is 13.1. The molecule has 2 N–H and O–H groups in total. The summed E-state index contributed by atoms with van der Waals surface area (Å²) < 4.78 is 7.13. The van der Waals surface area contributed by atoms with E-state index in [1.807, 2.05) is 49.6 Å². The van der Waals surface area contributed by atoms with Crippen LogP contribution in [0.3, 0.4) is 0 Å². The Labute approximate surface area is 217 Å². The first-order valence-electron chi connectivity index (χ1n) is 12.1. The second-order valence-electron chi connectivity index (χ2n) is 9.12. The van der Waals surface area contributed by atoms with Gasteiger partial charge in [-0.05, 0) is 60.7 Å². The van der Waals surface area contributed by atoms with Crippen molar-refractivity contribution < 1.29 is 14.3 Å². The van der Waals surface area contributed by atoms with Gasteiger partial charge in [-0.1, -0.05) is 51.6 Å². The molecule has 0 saturated carbocycles. The molecule has 0 radical (unpaired) electrons. The molecule has 192 valence electrons. The minimum absolute atomic E-state index is 0.0802. The highest BCUT2D eigenvalue weighted by Gasteiger charge is 2.26. The molecule has 1 aromatic heterocycles. The normalized spacial score (nSPS) is 12.0. The van der Waals surface area contributed by atoms with Crippen molar-refractivity contribution in [2.45, 2.75) is 58.3 Å². The molecule has 8 nitrogen and oxygen atoms in total. The van der Waals surface area contributed by atoms with Crippen molar-refractivity contribution in [3.63, 3.8) is 0 Å². The van der Waals surface area contributed by atoms with Gasteiger partial charge in [0.15, 0.2) is 11.0 Å². The maximum Gasteiger partial charge on any atom is 0.251 e. The van der Waals surface area contributed by atoms with Gasteiger partial charge in [-0.3, -0.25) is 9.59 Å². The van der Waals surface area contributed by atoms with Crippen LogP contribution in [0.2, 0.25) is 0 Å². The summed E-state index contributed by atoms with van der Waals surface area (Å²) in [6, 6.07) is 14.5. The Kier molecular flexibility index (Phi) is 9.52. The summed E-state index contributed by atoms with van der Waals surface area (Å²) in [6.45, 7) is 10.9. The number of nitrogens with zero attached hydrogens (tertiary/aromatic N) is 3. The number of amides is 2. The predicted octanol–water partition coefficient (Wildman–Crippen LogP) is 5.29. The number of carbonyl (C=O) groups excluding carboxylic acids is 2. The van der Waals surface area contributed by atoms with Gasteiger partial charge in [0.2, 0.25) is 5.91 Å². The van der Waals surface area contributed by atoms with E-state index in [-0.39, 0.29) is 29.5 Å². The number of hydrogen-bond donors (Lipinski definition) is 2. The highest BCUT2D eigenvalue weighted by Crippen LogP contribution is 2.26. The molecule has 36 heavy (non-hydrogen) atoms. The number of ether oxygens (including phenoxy) is 1. The van der Waals surface area contributed by atoms with E-state index in [2.05, 4.69) is 34.7 Å². The molecule has 1 atom stereocenters. The third kappa shape index (κ3) is 6.87. The van der Waals surface area contributed by atoms with Crippen molar-refractivity contribution in [1.29, 1.82) is 0 Å². The van der Waals surface area contributed by atoms with E-state index in [9.17, 15) is 9.59 Å². The molecule has 2 aromatic carbocycles. The standard InChI is InChI=1S/C27H35N5O3S/c1-7-32-25(24(18(4)5)29-26(34)20-10-14-22(35-6)15-11-20)30-31-27(32)36-16-23(33)28-21-12-8-19(9-13-21)17(2)3/h8-15,17-18,24H,7,16H2,1-6H3,(H,28,33)(H,29,34)/t24-/m1/s1. The van der Waals surface area contributed by atoms with Crippen LogP contribution in [0.4, 0.5) is 5.69 Å². The van der Waals surface area contributed by atoms with Crippen LogP contribution in [0.5, 0.6) is 5.75 Å². The van der Waals surface area contributed by atoms with Gasteiger partial charge < -0.3 is 19.9 Å². The van der Waals surface area contributed by atoms with Gasteiger partial charge >= 0.3 is 0 Å². The van der Waals surface area contributed by atoms with Crippen LogP contribution >= 0.6 is 11.8 Å². The summed E-state index contributed by atoms with van der Waals surface area (Å²) >= 11 is 1.33. The quantitative estimate of drug-likeness (QED) is 0.341. The second kappa shape index (κ2) is 12.6. The molecular weight excluding hydrogens is 474 g/mol. The Bertz CT molecular complexity index is 1160. The van der Waals surface area contributed by atoms with Gasteiger partial charge in [-0.25, -0.2) is 0 Å². The zero-order chi connectivity index (χ0) is 26.2. The molecule has 0 fully saturated rings. The monoisotopic (exact) mass is 509 g/mol. The van der Waals surface area contributed by atoms with Gasteiger partial charge in [-0.2, -0.15) is 0 Å². The number of aromatic nitrogens is 3. The molecule has 0 unspecified atom stereocenters. The summed E-state index contributed by atoms with van der Waals surface area (Å²) in [7, 11) is 1.59. The minimum Gasteiger partial charge on any atom is -0.497 e. The highest BCUT2D eigenvalue weighted by atomic mass is 32.2. The zero-order valence-corrected chi connectivity index (χ0v) is 22.6. The second-order valence-corrected chi connectivity index (χ2v) is 10.1. The molecule has 3 rings (SSSR count).